The highest BCUT2D eigenvalue weighted by molar-refractivity contribution is 7.92. The Bertz CT molecular complexity index is 909. The molecule has 144 valence electrons. The first-order valence-corrected chi connectivity index (χ1v) is 10.5. The van der Waals surface area contributed by atoms with E-state index in [9.17, 15) is 18.0 Å². The summed E-state index contributed by atoms with van der Waals surface area (Å²) in [6.45, 7) is 2.61. The van der Waals surface area contributed by atoms with E-state index in [1.54, 1.807) is 24.3 Å². The van der Waals surface area contributed by atoms with E-state index in [0.29, 0.717) is 29.0 Å². The zero-order valence-corrected chi connectivity index (χ0v) is 16.1. The summed E-state index contributed by atoms with van der Waals surface area (Å²) < 4.78 is 24.8. The van der Waals surface area contributed by atoms with Crippen LogP contribution in [0.2, 0.25) is 0 Å². The average Bonchev–Trinajstić information content (AvgIpc) is 2.61. The molecule has 0 aliphatic rings. The number of carbonyl (C=O) groups is 2. The van der Waals surface area contributed by atoms with Gasteiger partial charge in [-0.25, -0.2) is 8.42 Å². The van der Waals surface area contributed by atoms with Crippen LogP contribution < -0.4 is 15.4 Å². The normalized spacial score (nSPS) is 10.9. The largest absolute Gasteiger partial charge is 0.352 e. The van der Waals surface area contributed by atoms with E-state index < -0.39 is 15.9 Å². The number of hydrogen-bond donors (Lipinski definition) is 3. The predicted molar refractivity (Wildman–Crippen MR) is 107 cm³/mol. The summed E-state index contributed by atoms with van der Waals surface area (Å²) in [6.07, 6.45) is 2.91. The summed E-state index contributed by atoms with van der Waals surface area (Å²) >= 11 is 0. The highest BCUT2D eigenvalue weighted by Crippen LogP contribution is 2.17. The molecular formula is C19H23N3O4S. The molecular weight excluding hydrogens is 366 g/mol. The van der Waals surface area contributed by atoms with Crippen molar-refractivity contribution in [3.05, 3.63) is 59.7 Å². The van der Waals surface area contributed by atoms with Gasteiger partial charge in [-0.05, 0) is 42.8 Å². The summed E-state index contributed by atoms with van der Waals surface area (Å²) in [4.78, 5) is 24.8. The van der Waals surface area contributed by atoms with Crippen LogP contribution >= 0.6 is 0 Å². The molecule has 27 heavy (non-hydrogen) atoms. The summed E-state index contributed by atoms with van der Waals surface area (Å²) in [5.41, 5.74) is 1.51. The van der Waals surface area contributed by atoms with Crippen molar-refractivity contribution in [2.75, 3.05) is 22.8 Å². The van der Waals surface area contributed by atoms with E-state index in [2.05, 4.69) is 15.4 Å². The molecule has 0 aliphatic carbocycles. The minimum absolute atomic E-state index is 0.243. The zero-order chi connectivity index (χ0) is 19.9. The molecule has 7 nitrogen and oxygen atoms in total. The van der Waals surface area contributed by atoms with Gasteiger partial charge in [0.05, 0.1) is 17.5 Å². The lowest BCUT2D eigenvalue weighted by Crippen LogP contribution is -2.26. The van der Waals surface area contributed by atoms with Crippen LogP contribution in [-0.2, 0) is 10.0 Å². The fourth-order valence-corrected chi connectivity index (χ4v) is 2.93. The first-order chi connectivity index (χ1) is 12.8. The Labute approximate surface area is 159 Å². The number of benzene rings is 2. The zero-order valence-electron chi connectivity index (χ0n) is 15.3. The Kier molecular flexibility index (Phi) is 6.95. The fraction of sp³-hybridized carbons (Fsp3) is 0.263. The third kappa shape index (κ3) is 6.41. The van der Waals surface area contributed by atoms with Gasteiger partial charge >= 0.3 is 0 Å². The number of para-hydroxylation sites is 1. The third-order valence-electron chi connectivity index (χ3n) is 3.69. The number of amides is 2. The van der Waals surface area contributed by atoms with E-state index in [4.69, 9.17) is 0 Å². The maximum Gasteiger partial charge on any atom is 0.255 e. The maximum atomic E-state index is 12.5. The topological polar surface area (TPSA) is 104 Å². The molecule has 2 aromatic rings. The third-order valence-corrected chi connectivity index (χ3v) is 4.29. The van der Waals surface area contributed by atoms with Crippen LogP contribution in [0.5, 0.6) is 0 Å². The SMILES string of the molecule is CCCCNC(=O)c1ccccc1NC(=O)c1ccc(NS(C)(=O)=O)cc1. The van der Waals surface area contributed by atoms with Gasteiger partial charge in [0.15, 0.2) is 0 Å². The quantitative estimate of drug-likeness (QED) is 0.604. The molecule has 3 N–H and O–H groups in total. The van der Waals surface area contributed by atoms with Crippen molar-refractivity contribution in [1.82, 2.24) is 5.32 Å². The van der Waals surface area contributed by atoms with E-state index in [0.717, 1.165) is 19.1 Å². The Morgan fingerprint density at radius 3 is 2.26 bits per heavy atom. The smallest absolute Gasteiger partial charge is 0.255 e. The number of anilines is 2. The number of carbonyl (C=O) groups excluding carboxylic acids is 2. The first-order valence-electron chi connectivity index (χ1n) is 8.56. The molecule has 0 saturated carbocycles. The van der Waals surface area contributed by atoms with Crippen LogP contribution in [0.1, 0.15) is 40.5 Å². The van der Waals surface area contributed by atoms with Gasteiger partial charge in [-0.3, -0.25) is 14.3 Å². The molecule has 0 fully saturated rings. The summed E-state index contributed by atoms with van der Waals surface area (Å²) in [6, 6.07) is 12.8. The Balaban J connectivity index is 2.10. The molecule has 8 heteroatoms. The van der Waals surface area contributed by atoms with Crippen LogP contribution in [0.4, 0.5) is 11.4 Å². The lowest BCUT2D eigenvalue weighted by atomic mass is 10.1. The highest BCUT2D eigenvalue weighted by atomic mass is 32.2. The summed E-state index contributed by atoms with van der Waals surface area (Å²) in [5.74, 6) is -0.637. The molecule has 0 unspecified atom stereocenters. The standard InChI is InChI=1S/C19H23N3O4S/c1-3-4-13-20-19(24)16-7-5-6-8-17(16)21-18(23)14-9-11-15(12-10-14)22-27(2,25)26/h5-12,22H,3-4,13H2,1-2H3,(H,20,24)(H,21,23). The van der Waals surface area contributed by atoms with E-state index >= 15 is 0 Å². The van der Waals surface area contributed by atoms with Gasteiger partial charge in [0.1, 0.15) is 0 Å². The molecule has 0 aliphatic heterocycles. The maximum absolute atomic E-state index is 12.5. The molecule has 0 heterocycles. The lowest BCUT2D eigenvalue weighted by Gasteiger charge is -2.12. The Morgan fingerprint density at radius 1 is 0.963 bits per heavy atom. The van der Waals surface area contributed by atoms with Crippen molar-refractivity contribution in [1.29, 1.82) is 0 Å². The van der Waals surface area contributed by atoms with Crippen LogP contribution in [0.3, 0.4) is 0 Å². The highest BCUT2D eigenvalue weighted by Gasteiger charge is 2.14. The van der Waals surface area contributed by atoms with Gasteiger partial charge in [0.25, 0.3) is 11.8 Å². The van der Waals surface area contributed by atoms with Crippen molar-refractivity contribution < 1.29 is 18.0 Å². The van der Waals surface area contributed by atoms with Crippen molar-refractivity contribution in [3.8, 4) is 0 Å². The molecule has 2 amide bonds. The second kappa shape index (κ2) is 9.18. The van der Waals surface area contributed by atoms with E-state index in [1.807, 2.05) is 6.92 Å². The molecule has 0 bridgehead atoms. The van der Waals surface area contributed by atoms with Gasteiger partial charge < -0.3 is 10.6 Å². The van der Waals surface area contributed by atoms with Gasteiger partial charge in [0, 0.05) is 17.8 Å². The Morgan fingerprint density at radius 2 is 1.63 bits per heavy atom. The van der Waals surface area contributed by atoms with Gasteiger partial charge in [0.2, 0.25) is 10.0 Å². The molecule has 0 aromatic heterocycles. The van der Waals surface area contributed by atoms with Crippen LogP contribution in [0.25, 0.3) is 0 Å². The molecule has 2 aromatic carbocycles. The van der Waals surface area contributed by atoms with Crippen molar-refractivity contribution in [3.63, 3.8) is 0 Å². The van der Waals surface area contributed by atoms with E-state index in [-0.39, 0.29) is 5.91 Å². The van der Waals surface area contributed by atoms with Gasteiger partial charge in [-0.2, -0.15) is 0 Å². The number of sulfonamides is 1. The first kappa shape index (κ1) is 20.4. The molecule has 0 atom stereocenters. The van der Waals surface area contributed by atoms with Gasteiger partial charge in [-0.1, -0.05) is 25.5 Å². The van der Waals surface area contributed by atoms with Crippen LogP contribution in [0.15, 0.2) is 48.5 Å². The summed E-state index contributed by atoms with van der Waals surface area (Å²) in [7, 11) is -3.38. The minimum atomic E-state index is -3.38. The van der Waals surface area contributed by atoms with Crippen molar-refractivity contribution in [2.45, 2.75) is 19.8 Å². The number of nitrogens with one attached hydrogen (secondary N) is 3. The van der Waals surface area contributed by atoms with Crippen molar-refractivity contribution >= 4 is 33.2 Å². The van der Waals surface area contributed by atoms with Crippen molar-refractivity contribution in [2.24, 2.45) is 0 Å². The van der Waals surface area contributed by atoms with Crippen LogP contribution in [-0.4, -0.2) is 33.0 Å². The second-order valence-electron chi connectivity index (χ2n) is 6.06. The number of hydrogen-bond acceptors (Lipinski definition) is 4. The number of rotatable bonds is 8. The van der Waals surface area contributed by atoms with E-state index in [1.165, 1.54) is 24.3 Å². The Hall–Kier alpha value is -2.87. The van der Waals surface area contributed by atoms with Crippen LogP contribution in [0, 0.1) is 0 Å². The average molecular weight is 389 g/mol. The lowest BCUT2D eigenvalue weighted by molar-refractivity contribution is 0.0954. The summed E-state index contributed by atoms with van der Waals surface area (Å²) in [5, 5.41) is 5.55. The number of unbranched alkanes of at least 4 members (excludes halogenated alkanes) is 1. The van der Waals surface area contributed by atoms with Gasteiger partial charge in [-0.15, -0.1) is 0 Å². The second-order valence-corrected chi connectivity index (χ2v) is 7.81. The monoisotopic (exact) mass is 389 g/mol. The molecule has 0 spiro atoms. The molecule has 0 radical (unpaired) electrons. The predicted octanol–water partition coefficient (Wildman–Crippen LogP) is 2.84. The molecule has 2 rings (SSSR count). The minimum Gasteiger partial charge on any atom is -0.352 e. The molecule has 0 saturated heterocycles. The fourth-order valence-electron chi connectivity index (χ4n) is 2.36.